The molecule has 0 aliphatic rings. The molecule has 1 rings (SSSR count). The Labute approximate surface area is 138 Å². The Kier molecular flexibility index (Phi) is 7.67. The van der Waals surface area contributed by atoms with Crippen molar-refractivity contribution in [2.24, 2.45) is 0 Å². The standard InChI is InChI=1S/C16H26N2O4S/c1-5-6-13(3)18-23(20,21)14-8-7-12(2)15(11-14)16(19)17-9-10-22-4/h7-8,11,13,18H,5-6,9-10H2,1-4H3,(H,17,19)/t13-/m1/s1. The molecule has 0 fully saturated rings. The van der Waals surface area contributed by atoms with Crippen molar-refractivity contribution >= 4 is 15.9 Å². The highest BCUT2D eigenvalue weighted by Crippen LogP contribution is 2.16. The topological polar surface area (TPSA) is 84.5 Å². The van der Waals surface area contributed by atoms with Crippen LogP contribution in [0.2, 0.25) is 0 Å². The molecule has 1 aromatic rings. The molecule has 130 valence electrons. The van der Waals surface area contributed by atoms with E-state index in [1.165, 1.54) is 12.1 Å². The number of amides is 1. The van der Waals surface area contributed by atoms with Crippen LogP contribution in [0.25, 0.3) is 0 Å². The Bertz CT molecular complexity index is 629. The number of methoxy groups -OCH3 is 1. The van der Waals surface area contributed by atoms with Crippen LogP contribution in [0.5, 0.6) is 0 Å². The van der Waals surface area contributed by atoms with Crippen LogP contribution in [0.3, 0.4) is 0 Å². The average molecular weight is 342 g/mol. The molecule has 0 bridgehead atoms. The lowest BCUT2D eigenvalue weighted by molar-refractivity contribution is 0.0936. The van der Waals surface area contributed by atoms with E-state index in [0.717, 1.165) is 18.4 Å². The van der Waals surface area contributed by atoms with Gasteiger partial charge in [0.2, 0.25) is 10.0 Å². The Morgan fingerprint density at radius 3 is 2.65 bits per heavy atom. The van der Waals surface area contributed by atoms with Gasteiger partial charge in [-0.25, -0.2) is 13.1 Å². The van der Waals surface area contributed by atoms with Crippen LogP contribution in [-0.4, -0.2) is 40.6 Å². The Morgan fingerprint density at radius 1 is 1.35 bits per heavy atom. The van der Waals surface area contributed by atoms with Gasteiger partial charge in [-0.1, -0.05) is 19.4 Å². The van der Waals surface area contributed by atoms with Gasteiger partial charge in [0.05, 0.1) is 11.5 Å². The SMILES string of the molecule is CCC[C@@H](C)NS(=O)(=O)c1ccc(C)c(C(=O)NCCOC)c1. The molecule has 0 aromatic heterocycles. The van der Waals surface area contributed by atoms with Gasteiger partial charge in [-0.05, 0) is 38.0 Å². The summed E-state index contributed by atoms with van der Waals surface area (Å²) in [6.45, 7) is 6.37. The molecule has 2 N–H and O–H groups in total. The van der Waals surface area contributed by atoms with Gasteiger partial charge in [-0.3, -0.25) is 4.79 Å². The number of hydrogen-bond acceptors (Lipinski definition) is 4. The normalized spacial score (nSPS) is 12.9. The number of aryl methyl sites for hydroxylation is 1. The third-order valence-corrected chi connectivity index (χ3v) is 5.02. The monoisotopic (exact) mass is 342 g/mol. The van der Waals surface area contributed by atoms with Crippen molar-refractivity contribution < 1.29 is 17.9 Å². The summed E-state index contributed by atoms with van der Waals surface area (Å²) >= 11 is 0. The molecule has 0 spiro atoms. The van der Waals surface area contributed by atoms with Crippen molar-refractivity contribution in [3.63, 3.8) is 0 Å². The third-order valence-electron chi connectivity index (χ3n) is 3.43. The van der Waals surface area contributed by atoms with E-state index in [4.69, 9.17) is 4.74 Å². The van der Waals surface area contributed by atoms with Crippen molar-refractivity contribution in [2.45, 2.75) is 44.6 Å². The molecule has 0 saturated carbocycles. The Morgan fingerprint density at radius 2 is 2.04 bits per heavy atom. The Balaban J connectivity index is 2.97. The van der Waals surface area contributed by atoms with E-state index < -0.39 is 10.0 Å². The summed E-state index contributed by atoms with van der Waals surface area (Å²) in [5, 5.41) is 2.70. The predicted octanol–water partition coefficient (Wildman–Crippen LogP) is 1.84. The third kappa shape index (κ3) is 5.93. The highest BCUT2D eigenvalue weighted by atomic mass is 32.2. The minimum absolute atomic E-state index is 0.0999. The van der Waals surface area contributed by atoms with E-state index >= 15 is 0 Å². The number of benzene rings is 1. The summed E-state index contributed by atoms with van der Waals surface area (Å²) in [5.74, 6) is -0.307. The molecular formula is C16H26N2O4S. The molecule has 6 nitrogen and oxygen atoms in total. The number of ether oxygens (including phenoxy) is 1. The van der Waals surface area contributed by atoms with Crippen molar-refractivity contribution in [2.75, 3.05) is 20.3 Å². The first-order chi connectivity index (χ1) is 10.8. The summed E-state index contributed by atoms with van der Waals surface area (Å²) in [4.78, 5) is 12.3. The fourth-order valence-electron chi connectivity index (χ4n) is 2.20. The molecule has 1 amide bonds. The van der Waals surface area contributed by atoms with Gasteiger partial charge in [-0.2, -0.15) is 0 Å². The van der Waals surface area contributed by atoms with E-state index in [0.29, 0.717) is 18.7 Å². The summed E-state index contributed by atoms with van der Waals surface area (Å²) in [6, 6.07) is 4.43. The molecule has 23 heavy (non-hydrogen) atoms. The Hall–Kier alpha value is -1.44. The zero-order valence-corrected chi connectivity index (χ0v) is 15.0. The van der Waals surface area contributed by atoms with Crippen molar-refractivity contribution in [1.29, 1.82) is 0 Å². The lowest BCUT2D eigenvalue weighted by Crippen LogP contribution is -2.33. The molecule has 0 aliphatic heterocycles. The number of rotatable bonds is 9. The van der Waals surface area contributed by atoms with Gasteiger partial charge in [0.1, 0.15) is 0 Å². The lowest BCUT2D eigenvalue weighted by atomic mass is 10.1. The average Bonchev–Trinajstić information content (AvgIpc) is 2.47. The summed E-state index contributed by atoms with van der Waals surface area (Å²) in [5.41, 5.74) is 1.08. The van der Waals surface area contributed by atoms with E-state index in [9.17, 15) is 13.2 Å². The molecule has 1 atom stereocenters. The number of hydrogen-bond donors (Lipinski definition) is 2. The van der Waals surface area contributed by atoms with Crippen molar-refractivity contribution in [3.05, 3.63) is 29.3 Å². The van der Waals surface area contributed by atoms with Crippen LogP contribution in [0, 0.1) is 6.92 Å². The van der Waals surface area contributed by atoms with Crippen LogP contribution in [0.1, 0.15) is 42.6 Å². The van der Waals surface area contributed by atoms with Gasteiger partial charge >= 0.3 is 0 Å². The van der Waals surface area contributed by atoms with E-state index in [1.807, 2.05) is 13.8 Å². The minimum Gasteiger partial charge on any atom is -0.383 e. The molecule has 0 heterocycles. The van der Waals surface area contributed by atoms with Crippen LogP contribution < -0.4 is 10.0 Å². The number of nitrogens with one attached hydrogen (secondary N) is 2. The predicted molar refractivity (Wildman–Crippen MR) is 90.1 cm³/mol. The molecular weight excluding hydrogens is 316 g/mol. The maximum Gasteiger partial charge on any atom is 0.251 e. The number of carbonyl (C=O) groups is 1. The first-order valence-electron chi connectivity index (χ1n) is 7.72. The van der Waals surface area contributed by atoms with Gasteiger partial charge in [0.15, 0.2) is 0 Å². The molecule has 0 aliphatic carbocycles. The van der Waals surface area contributed by atoms with Gasteiger partial charge in [-0.15, -0.1) is 0 Å². The summed E-state index contributed by atoms with van der Waals surface area (Å²) < 4.78 is 32.3. The van der Waals surface area contributed by atoms with E-state index in [2.05, 4.69) is 10.0 Å². The number of sulfonamides is 1. The van der Waals surface area contributed by atoms with Gasteiger partial charge in [0.25, 0.3) is 5.91 Å². The largest absolute Gasteiger partial charge is 0.383 e. The molecule has 1 aromatic carbocycles. The summed E-state index contributed by atoms with van der Waals surface area (Å²) in [6.07, 6.45) is 1.65. The highest BCUT2D eigenvalue weighted by Gasteiger charge is 2.19. The fourth-order valence-corrected chi connectivity index (χ4v) is 3.50. The molecule has 7 heteroatoms. The van der Waals surface area contributed by atoms with Crippen molar-refractivity contribution in [3.8, 4) is 0 Å². The van der Waals surface area contributed by atoms with Crippen LogP contribution in [0.4, 0.5) is 0 Å². The molecule has 0 radical (unpaired) electrons. The second kappa shape index (κ2) is 9.00. The highest BCUT2D eigenvalue weighted by molar-refractivity contribution is 7.89. The zero-order chi connectivity index (χ0) is 17.5. The second-order valence-corrected chi connectivity index (χ2v) is 7.25. The number of carbonyl (C=O) groups excluding carboxylic acids is 1. The maximum absolute atomic E-state index is 12.4. The van der Waals surface area contributed by atoms with Crippen molar-refractivity contribution in [1.82, 2.24) is 10.0 Å². The first-order valence-corrected chi connectivity index (χ1v) is 9.20. The smallest absolute Gasteiger partial charge is 0.251 e. The molecule has 0 unspecified atom stereocenters. The first kappa shape index (κ1) is 19.6. The van der Waals surface area contributed by atoms with Gasteiger partial charge < -0.3 is 10.1 Å². The van der Waals surface area contributed by atoms with Crippen LogP contribution in [0.15, 0.2) is 23.1 Å². The van der Waals surface area contributed by atoms with Crippen LogP contribution in [-0.2, 0) is 14.8 Å². The van der Waals surface area contributed by atoms with Crippen LogP contribution >= 0.6 is 0 Å². The second-order valence-electron chi connectivity index (χ2n) is 5.54. The summed E-state index contributed by atoms with van der Waals surface area (Å²) in [7, 11) is -2.09. The minimum atomic E-state index is -3.63. The zero-order valence-electron chi connectivity index (χ0n) is 14.2. The van der Waals surface area contributed by atoms with E-state index in [-0.39, 0.29) is 16.8 Å². The fraction of sp³-hybridized carbons (Fsp3) is 0.562. The molecule has 0 saturated heterocycles. The lowest BCUT2D eigenvalue weighted by Gasteiger charge is -2.14. The van der Waals surface area contributed by atoms with E-state index in [1.54, 1.807) is 20.1 Å². The maximum atomic E-state index is 12.4. The van der Waals surface area contributed by atoms with Gasteiger partial charge in [0, 0.05) is 25.3 Å². The quantitative estimate of drug-likeness (QED) is 0.671.